The molecule has 1 aliphatic rings. The van der Waals surface area contributed by atoms with Crippen molar-refractivity contribution in [1.29, 1.82) is 0 Å². The third-order valence-corrected chi connectivity index (χ3v) is 3.44. The molecule has 3 N–H and O–H groups in total. The maximum atomic E-state index is 12.1. The number of amides is 1. The fourth-order valence-corrected chi connectivity index (χ4v) is 2.24. The fraction of sp³-hybridized carbons (Fsp3) is 0.692. The first-order valence-corrected chi connectivity index (χ1v) is 6.84. The van der Waals surface area contributed by atoms with Gasteiger partial charge in [0, 0.05) is 25.4 Å². The number of carbonyl (C=O) groups excluding carboxylic acids is 1. The van der Waals surface area contributed by atoms with Crippen LogP contribution in [0.2, 0.25) is 0 Å². The van der Waals surface area contributed by atoms with Crippen molar-refractivity contribution in [3.63, 3.8) is 0 Å². The zero-order valence-electron chi connectivity index (χ0n) is 11.4. The SMILES string of the molecule is Cc1c(C(=O)NCC2CCCO2)cnn1CCCN. The Morgan fingerprint density at radius 1 is 1.68 bits per heavy atom. The molecular weight excluding hydrogens is 244 g/mol. The average molecular weight is 266 g/mol. The molecule has 6 nitrogen and oxygen atoms in total. The van der Waals surface area contributed by atoms with Crippen molar-refractivity contribution in [3.05, 3.63) is 17.5 Å². The fourth-order valence-electron chi connectivity index (χ4n) is 2.24. The van der Waals surface area contributed by atoms with Gasteiger partial charge >= 0.3 is 0 Å². The molecule has 0 spiro atoms. The second kappa shape index (κ2) is 6.68. The largest absolute Gasteiger partial charge is 0.376 e. The molecule has 0 aromatic carbocycles. The van der Waals surface area contributed by atoms with Crippen LogP contribution in [0, 0.1) is 6.92 Å². The van der Waals surface area contributed by atoms with Crippen LogP contribution in [-0.4, -0.2) is 41.5 Å². The van der Waals surface area contributed by atoms with Crippen LogP contribution in [0.5, 0.6) is 0 Å². The summed E-state index contributed by atoms with van der Waals surface area (Å²) in [6.07, 6.45) is 4.75. The number of nitrogens with one attached hydrogen (secondary N) is 1. The zero-order valence-corrected chi connectivity index (χ0v) is 11.4. The first-order chi connectivity index (χ1) is 9.22. The lowest BCUT2D eigenvalue weighted by molar-refractivity contribution is 0.0857. The Balaban J connectivity index is 1.89. The maximum absolute atomic E-state index is 12.1. The number of aromatic nitrogens is 2. The number of rotatable bonds is 6. The summed E-state index contributed by atoms with van der Waals surface area (Å²) in [6.45, 7) is 4.66. The minimum atomic E-state index is -0.0769. The molecule has 1 aliphatic heterocycles. The summed E-state index contributed by atoms with van der Waals surface area (Å²) >= 11 is 0. The molecule has 1 aromatic heterocycles. The molecule has 1 aromatic rings. The number of ether oxygens (including phenoxy) is 1. The topological polar surface area (TPSA) is 82.2 Å². The molecule has 2 heterocycles. The van der Waals surface area contributed by atoms with Gasteiger partial charge in [-0.05, 0) is 32.7 Å². The third-order valence-electron chi connectivity index (χ3n) is 3.44. The molecule has 0 radical (unpaired) electrons. The van der Waals surface area contributed by atoms with Crippen LogP contribution in [0.4, 0.5) is 0 Å². The predicted molar refractivity (Wildman–Crippen MR) is 71.9 cm³/mol. The van der Waals surface area contributed by atoms with Gasteiger partial charge in [0.05, 0.1) is 17.9 Å². The van der Waals surface area contributed by atoms with Gasteiger partial charge in [-0.1, -0.05) is 0 Å². The van der Waals surface area contributed by atoms with E-state index in [0.29, 0.717) is 18.7 Å². The summed E-state index contributed by atoms with van der Waals surface area (Å²) in [7, 11) is 0. The summed E-state index contributed by atoms with van der Waals surface area (Å²) < 4.78 is 7.31. The molecule has 1 amide bonds. The van der Waals surface area contributed by atoms with Gasteiger partial charge in [-0.15, -0.1) is 0 Å². The van der Waals surface area contributed by atoms with E-state index in [2.05, 4.69) is 10.4 Å². The number of nitrogens with zero attached hydrogens (tertiary/aromatic N) is 2. The number of carbonyl (C=O) groups is 1. The van der Waals surface area contributed by atoms with Crippen molar-refractivity contribution >= 4 is 5.91 Å². The van der Waals surface area contributed by atoms with E-state index >= 15 is 0 Å². The van der Waals surface area contributed by atoms with Crippen LogP contribution >= 0.6 is 0 Å². The molecule has 106 valence electrons. The molecule has 2 rings (SSSR count). The summed E-state index contributed by atoms with van der Waals surface area (Å²) in [5.74, 6) is -0.0769. The highest BCUT2D eigenvalue weighted by atomic mass is 16.5. The molecule has 0 aliphatic carbocycles. The third kappa shape index (κ3) is 3.54. The van der Waals surface area contributed by atoms with E-state index in [4.69, 9.17) is 10.5 Å². The van der Waals surface area contributed by atoms with Crippen LogP contribution in [0.1, 0.15) is 35.3 Å². The quantitative estimate of drug-likeness (QED) is 0.783. The van der Waals surface area contributed by atoms with Gasteiger partial charge in [0.15, 0.2) is 0 Å². The lowest BCUT2D eigenvalue weighted by atomic mass is 10.2. The smallest absolute Gasteiger partial charge is 0.254 e. The van der Waals surface area contributed by atoms with Crippen molar-refractivity contribution in [1.82, 2.24) is 15.1 Å². The Morgan fingerprint density at radius 3 is 3.21 bits per heavy atom. The van der Waals surface area contributed by atoms with Gasteiger partial charge in [0.2, 0.25) is 0 Å². The van der Waals surface area contributed by atoms with Gasteiger partial charge in [-0.3, -0.25) is 9.48 Å². The number of hydrogen-bond donors (Lipinski definition) is 2. The van der Waals surface area contributed by atoms with Gasteiger partial charge in [0.1, 0.15) is 0 Å². The number of hydrogen-bond acceptors (Lipinski definition) is 4. The van der Waals surface area contributed by atoms with E-state index in [1.54, 1.807) is 6.20 Å². The first-order valence-electron chi connectivity index (χ1n) is 6.84. The number of nitrogens with two attached hydrogens (primary N) is 1. The molecule has 1 atom stereocenters. The molecule has 1 unspecified atom stereocenters. The summed E-state index contributed by atoms with van der Waals surface area (Å²) in [4.78, 5) is 12.1. The van der Waals surface area contributed by atoms with E-state index in [0.717, 1.165) is 38.1 Å². The second-order valence-electron chi connectivity index (χ2n) is 4.85. The minimum Gasteiger partial charge on any atom is -0.376 e. The van der Waals surface area contributed by atoms with Crippen LogP contribution < -0.4 is 11.1 Å². The lowest BCUT2D eigenvalue weighted by Gasteiger charge is -2.10. The first kappa shape index (κ1) is 14.0. The number of aryl methyl sites for hydroxylation is 1. The van der Waals surface area contributed by atoms with Gasteiger partial charge in [0.25, 0.3) is 5.91 Å². The summed E-state index contributed by atoms with van der Waals surface area (Å²) in [6, 6.07) is 0. The zero-order chi connectivity index (χ0) is 13.7. The molecule has 1 saturated heterocycles. The van der Waals surface area contributed by atoms with Gasteiger partial charge in [-0.25, -0.2) is 0 Å². The average Bonchev–Trinajstić information content (AvgIpc) is 3.03. The normalized spacial score (nSPS) is 18.7. The Kier molecular flexibility index (Phi) is 4.93. The molecule has 0 saturated carbocycles. The van der Waals surface area contributed by atoms with E-state index in [-0.39, 0.29) is 12.0 Å². The minimum absolute atomic E-state index is 0.0769. The Bertz CT molecular complexity index is 424. The second-order valence-corrected chi connectivity index (χ2v) is 4.85. The molecule has 19 heavy (non-hydrogen) atoms. The molecule has 6 heteroatoms. The van der Waals surface area contributed by atoms with Crippen LogP contribution in [0.3, 0.4) is 0 Å². The van der Waals surface area contributed by atoms with Crippen molar-refractivity contribution in [2.24, 2.45) is 5.73 Å². The van der Waals surface area contributed by atoms with E-state index in [1.165, 1.54) is 0 Å². The Hall–Kier alpha value is -1.40. The van der Waals surface area contributed by atoms with E-state index in [9.17, 15) is 4.79 Å². The predicted octanol–water partition coefficient (Wildman–Crippen LogP) is 0.449. The molecular formula is C13H22N4O2. The van der Waals surface area contributed by atoms with E-state index in [1.807, 2.05) is 11.6 Å². The standard InChI is InChI=1S/C13H22N4O2/c1-10-12(9-16-17(10)6-3-5-14)13(18)15-8-11-4-2-7-19-11/h9,11H,2-8,14H2,1H3,(H,15,18). The molecule has 1 fully saturated rings. The van der Waals surface area contributed by atoms with Gasteiger partial charge in [-0.2, -0.15) is 5.10 Å². The maximum Gasteiger partial charge on any atom is 0.254 e. The van der Waals surface area contributed by atoms with Gasteiger partial charge < -0.3 is 15.8 Å². The van der Waals surface area contributed by atoms with Crippen LogP contribution in [0.15, 0.2) is 6.20 Å². The van der Waals surface area contributed by atoms with Crippen LogP contribution in [0.25, 0.3) is 0 Å². The Morgan fingerprint density at radius 2 is 2.53 bits per heavy atom. The van der Waals surface area contributed by atoms with Crippen molar-refractivity contribution < 1.29 is 9.53 Å². The van der Waals surface area contributed by atoms with Crippen LogP contribution in [-0.2, 0) is 11.3 Å². The lowest BCUT2D eigenvalue weighted by Crippen LogP contribution is -2.32. The Labute approximate surface area is 113 Å². The summed E-state index contributed by atoms with van der Waals surface area (Å²) in [5, 5.41) is 7.13. The van der Waals surface area contributed by atoms with Crippen molar-refractivity contribution in [3.8, 4) is 0 Å². The highest BCUT2D eigenvalue weighted by Crippen LogP contribution is 2.12. The monoisotopic (exact) mass is 266 g/mol. The molecule has 0 bridgehead atoms. The highest BCUT2D eigenvalue weighted by molar-refractivity contribution is 5.95. The van der Waals surface area contributed by atoms with Crippen molar-refractivity contribution in [2.45, 2.75) is 38.8 Å². The highest BCUT2D eigenvalue weighted by Gasteiger charge is 2.18. The van der Waals surface area contributed by atoms with E-state index < -0.39 is 0 Å². The summed E-state index contributed by atoms with van der Waals surface area (Å²) in [5.41, 5.74) is 7.00. The van der Waals surface area contributed by atoms with Crippen molar-refractivity contribution in [2.75, 3.05) is 19.7 Å².